The zero-order valence-electron chi connectivity index (χ0n) is 14.1. The van der Waals surface area contributed by atoms with Crippen LogP contribution in [0.1, 0.15) is 41.6 Å². The van der Waals surface area contributed by atoms with E-state index < -0.39 is 0 Å². The average molecular weight is 379 g/mol. The first-order valence-electron chi connectivity index (χ1n) is 8.39. The van der Waals surface area contributed by atoms with Crippen molar-refractivity contribution >= 4 is 29.0 Å². The van der Waals surface area contributed by atoms with Crippen LogP contribution in [0.3, 0.4) is 0 Å². The number of ketones is 1. The van der Waals surface area contributed by atoms with Gasteiger partial charge in [-0.2, -0.15) is 0 Å². The van der Waals surface area contributed by atoms with Gasteiger partial charge in [-0.05, 0) is 61.6 Å². The second-order valence-corrected chi connectivity index (χ2v) is 7.00. The van der Waals surface area contributed by atoms with Crippen molar-refractivity contribution in [3.8, 4) is 11.5 Å². The van der Waals surface area contributed by atoms with E-state index in [4.69, 9.17) is 32.7 Å². The molecule has 2 aromatic rings. The molecule has 132 valence electrons. The zero-order valence-corrected chi connectivity index (χ0v) is 15.6. The first-order chi connectivity index (χ1) is 12.1. The molecule has 5 heteroatoms. The first-order valence-corrected chi connectivity index (χ1v) is 9.15. The van der Waals surface area contributed by atoms with Crippen molar-refractivity contribution in [3.05, 3.63) is 57.6 Å². The van der Waals surface area contributed by atoms with E-state index in [9.17, 15) is 4.79 Å². The molecule has 0 saturated heterocycles. The molecule has 0 spiro atoms. The summed E-state index contributed by atoms with van der Waals surface area (Å²) in [6.07, 6.45) is 4.77. The first kappa shape index (κ1) is 18.1. The number of rotatable bonds is 6. The molecule has 1 aliphatic carbocycles. The lowest BCUT2D eigenvalue weighted by Crippen LogP contribution is -2.12. The number of carbonyl (C=O) groups is 1. The van der Waals surface area contributed by atoms with Crippen molar-refractivity contribution in [2.45, 2.75) is 38.2 Å². The van der Waals surface area contributed by atoms with Gasteiger partial charge in [-0.15, -0.1) is 0 Å². The van der Waals surface area contributed by atoms with E-state index in [0.717, 1.165) is 12.8 Å². The standard InChI is InChI=1S/C20H20Cl2O3/c1-24-19-10-9-13(11-20(19)25-14-5-2-3-6-14)18(23)12-15-16(21)7-4-8-17(15)22/h4,7-11,14H,2-3,5-6,12H2,1H3. The number of hydrogen-bond donors (Lipinski definition) is 0. The van der Waals surface area contributed by atoms with Gasteiger partial charge in [0.05, 0.1) is 13.2 Å². The number of carbonyl (C=O) groups excluding carboxylic acids is 1. The molecule has 25 heavy (non-hydrogen) atoms. The van der Waals surface area contributed by atoms with Crippen LogP contribution in [0.5, 0.6) is 11.5 Å². The fraction of sp³-hybridized carbons (Fsp3) is 0.350. The summed E-state index contributed by atoms with van der Waals surface area (Å²) < 4.78 is 11.4. The minimum atomic E-state index is -0.0612. The summed E-state index contributed by atoms with van der Waals surface area (Å²) in [6, 6.07) is 10.5. The van der Waals surface area contributed by atoms with E-state index in [2.05, 4.69) is 0 Å². The molecular weight excluding hydrogens is 359 g/mol. The van der Waals surface area contributed by atoms with E-state index in [0.29, 0.717) is 32.7 Å². The fourth-order valence-corrected chi connectivity index (χ4v) is 3.62. The molecule has 0 unspecified atom stereocenters. The van der Waals surface area contributed by atoms with Crippen LogP contribution in [0.15, 0.2) is 36.4 Å². The predicted molar refractivity (Wildman–Crippen MR) is 100 cm³/mol. The Labute approximate surface area is 157 Å². The molecule has 1 aliphatic rings. The number of benzene rings is 2. The van der Waals surface area contributed by atoms with Crippen molar-refractivity contribution in [2.75, 3.05) is 7.11 Å². The van der Waals surface area contributed by atoms with Crippen molar-refractivity contribution in [3.63, 3.8) is 0 Å². The maximum absolute atomic E-state index is 12.7. The van der Waals surface area contributed by atoms with Crippen LogP contribution in [-0.4, -0.2) is 19.0 Å². The highest BCUT2D eigenvalue weighted by Crippen LogP contribution is 2.33. The predicted octanol–water partition coefficient (Wildman–Crippen LogP) is 5.75. The van der Waals surface area contributed by atoms with Gasteiger partial charge in [-0.1, -0.05) is 29.3 Å². The molecule has 0 bridgehead atoms. The molecule has 0 aliphatic heterocycles. The highest BCUT2D eigenvalue weighted by atomic mass is 35.5. The van der Waals surface area contributed by atoms with Gasteiger partial charge in [-0.25, -0.2) is 0 Å². The van der Waals surface area contributed by atoms with Gasteiger partial charge >= 0.3 is 0 Å². The third kappa shape index (κ3) is 4.28. The zero-order chi connectivity index (χ0) is 17.8. The molecule has 0 radical (unpaired) electrons. The van der Waals surface area contributed by atoms with E-state index in [-0.39, 0.29) is 18.3 Å². The van der Waals surface area contributed by atoms with Crippen molar-refractivity contribution in [1.29, 1.82) is 0 Å². The maximum Gasteiger partial charge on any atom is 0.167 e. The summed E-state index contributed by atoms with van der Waals surface area (Å²) in [7, 11) is 1.60. The Morgan fingerprint density at radius 3 is 2.40 bits per heavy atom. The molecule has 0 N–H and O–H groups in total. The Morgan fingerprint density at radius 1 is 1.08 bits per heavy atom. The summed E-state index contributed by atoms with van der Waals surface area (Å²) in [5.41, 5.74) is 1.20. The summed E-state index contributed by atoms with van der Waals surface area (Å²) in [5.74, 6) is 1.19. The lowest BCUT2D eigenvalue weighted by Gasteiger charge is -2.16. The van der Waals surface area contributed by atoms with Crippen LogP contribution < -0.4 is 9.47 Å². The maximum atomic E-state index is 12.7. The number of hydrogen-bond acceptors (Lipinski definition) is 3. The van der Waals surface area contributed by atoms with E-state index in [1.54, 1.807) is 43.5 Å². The molecule has 2 aromatic carbocycles. The number of ether oxygens (including phenoxy) is 2. The lowest BCUT2D eigenvalue weighted by atomic mass is 10.0. The summed E-state index contributed by atoms with van der Waals surface area (Å²) in [4.78, 5) is 12.7. The third-order valence-corrected chi connectivity index (χ3v) is 5.19. The van der Waals surface area contributed by atoms with Gasteiger partial charge in [0, 0.05) is 22.0 Å². The van der Waals surface area contributed by atoms with E-state index in [1.165, 1.54) is 12.8 Å². The number of Topliss-reactive ketones (excluding diaryl/α,β-unsaturated/α-hetero) is 1. The van der Waals surface area contributed by atoms with Gasteiger partial charge in [0.1, 0.15) is 0 Å². The Bertz CT molecular complexity index is 747. The average Bonchev–Trinajstić information content (AvgIpc) is 3.11. The molecule has 1 saturated carbocycles. The van der Waals surface area contributed by atoms with Gasteiger partial charge in [0.2, 0.25) is 0 Å². The van der Waals surface area contributed by atoms with E-state index in [1.807, 2.05) is 0 Å². The van der Waals surface area contributed by atoms with E-state index >= 15 is 0 Å². The Hall–Kier alpha value is -1.71. The molecule has 3 nitrogen and oxygen atoms in total. The topological polar surface area (TPSA) is 35.5 Å². The molecule has 0 amide bonds. The second-order valence-electron chi connectivity index (χ2n) is 6.19. The third-order valence-electron chi connectivity index (χ3n) is 4.48. The highest BCUT2D eigenvalue weighted by molar-refractivity contribution is 6.36. The van der Waals surface area contributed by atoms with Crippen LogP contribution in [0, 0.1) is 0 Å². The normalized spacial score (nSPS) is 14.5. The van der Waals surface area contributed by atoms with Crippen molar-refractivity contribution < 1.29 is 14.3 Å². The van der Waals surface area contributed by atoms with Crippen LogP contribution in [0.4, 0.5) is 0 Å². The molecule has 3 rings (SSSR count). The molecular formula is C20H20Cl2O3. The van der Waals surface area contributed by atoms with Gasteiger partial charge in [-0.3, -0.25) is 4.79 Å². The lowest BCUT2D eigenvalue weighted by molar-refractivity contribution is 0.0992. The smallest absolute Gasteiger partial charge is 0.167 e. The SMILES string of the molecule is COc1ccc(C(=O)Cc2c(Cl)cccc2Cl)cc1OC1CCCC1. The Kier molecular flexibility index (Phi) is 5.87. The monoisotopic (exact) mass is 378 g/mol. The summed E-state index contributed by atoms with van der Waals surface area (Å²) in [5, 5.41) is 0.994. The molecule has 0 aromatic heterocycles. The fourth-order valence-electron chi connectivity index (χ4n) is 3.09. The molecule has 0 atom stereocenters. The van der Waals surface area contributed by atoms with Crippen LogP contribution in [0.25, 0.3) is 0 Å². The van der Waals surface area contributed by atoms with Crippen LogP contribution in [-0.2, 0) is 6.42 Å². The minimum absolute atomic E-state index is 0.0612. The van der Waals surface area contributed by atoms with Crippen LogP contribution in [0.2, 0.25) is 10.0 Å². The van der Waals surface area contributed by atoms with Gasteiger partial charge in [0.25, 0.3) is 0 Å². The molecule has 1 fully saturated rings. The Balaban J connectivity index is 1.82. The quantitative estimate of drug-likeness (QED) is 0.600. The number of methoxy groups -OCH3 is 1. The largest absolute Gasteiger partial charge is 0.493 e. The van der Waals surface area contributed by atoms with Crippen LogP contribution >= 0.6 is 23.2 Å². The highest BCUT2D eigenvalue weighted by Gasteiger charge is 2.20. The minimum Gasteiger partial charge on any atom is -0.493 e. The van der Waals surface area contributed by atoms with Crippen molar-refractivity contribution in [2.24, 2.45) is 0 Å². The van der Waals surface area contributed by atoms with Gasteiger partial charge in [0.15, 0.2) is 17.3 Å². The molecule has 0 heterocycles. The second kappa shape index (κ2) is 8.11. The Morgan fingerprint density at radius 2 is 1.76 bits per heavy atom. The van der Waals surface area contributed by atoms with Gasteiger partial charge < -0.3 is 9.47 Å². The summed E-state index contributed by atoms with van der Waals surface area (Å²) >= 11 is 12.3. The number of halogens is 2. The van der Waals surface area contributed by atoms with Crippen molar-refractivity contribution in [1.82, 2.24) is 0 Å². The summed E-state index contributed by atoms with van der Waals surface area (Å²) in [6.45, 7) is 0.